The lowest BCUT2D eigenvalue weighted by Crippen LogP contribution is -1.94. The summed E-state index contributed by atoms with van der Waals surface area (Å²) < 4.78 is 0. The Bertz CT molecular complexity index is 387. The summed E-state index contributed by atoms with van der Waals surface area (Å²) in [7, 11) is 0. The van der Waals surface area contributed by atoms with Crippen LogP contribution in [-0.2, 0) is 0 Å². The van der Waals surface area contributed by atoms with Gasteiger partial charge in [-0.2, -0.15) is 5.10 Å². The summed E-state index contributed by atoms with van der Waals surface area (Å²) in [6.07, 6.45) is 1.57. The third kappa shape index (κ3) is 1.26. The van der Waals surface area contributed by atoms with E-state index in [1.54, 1.807) is 6.20 Å². The van der Waals surface area contributed by atoms with E-state index in [2.05, 4.69) is 30.8 Å². The number of nitrogens with zero attached hydrogens (tertiary/aromatic N) is 5. The summed E-state index contributed by atoms with van der Waals surface area (Å²) in [5.74, 6) is 0. The number of aromatic amines is 1. The van der Waals surface area contributed by atoms with Crippen LogP contribution >= 0.6 is 0 Å². The van der Waals surface area contributed by atoms with Gasteiger partial charge in [-0.1, -0.05) is 0 Å². The Hall–Kier alpha value is -1.85. The van der Waals surface area contributed by atoms with Crippen molar-refractivity contribution in [3.8, 4) is 11.3 Å². The molecule has 0 atom stereocenters. The van der Waals surface area contributed by atoms with Gasteiger partial charge in [0.25, 0.3) is 0 Å². The topological polar surface area (TPSA) is 80.2 Å². The highest BCUT2D eigenvalue weighted by atomic mass is 15.4. The first kappa shape index (κ1) is 7.78. The predicted molar refractivity (Wildman–Crippen MR) is 44.7 cm³/mol. The van der Waals surface area contributed by atoms with Crippen LogP contribution in [0.3, 0.4) is 0 Å². The number of rotatable bonds is 1. The third-order valence-electron chi connectivity index (χ3n) is 1.81. The van der Waals surface area contributed by atoms with Gasteiger partial charge in [-0.25, -0.2) is 0 Å². The third-order valence-corrected chi connectivity index (χ3v) is 1.81. The van der Waals surface area contributed by atoms with Crippen molar-refractivity contribution in [1.82, 2.24) is 30.8 Å². The number of hydrogen-bond donors (Lipinski definition) is 1. The van der Waals surface area contributed by atoms with Crippen molar-refractivity contribution in [3.05, 3.63) is 17.6 Å². The van der Waals surface area contributed by atoms with Crippen LogP contribution in [0.4, 0.5) is 0 Å². The number of H-pyrrole nitrogens is 1. The van der Waals surface area contributed by atoms with Crippen LogP contribution in [-0.4, -0.2) is 30.8 Å². The van der Waals surface area contributed by atoms with Gasteiger partial charge in [0.1, 0.15) is 5.69 Å². The van der Waals surface area contributed by atoms with Gasteiger partial charge in [0, 0.05) is 11.3 Å². The molecule has 0 aliphatic rings. The van der Waals surface area contributed by atoms with E-state index in [9.17, 15) is 0 Å². The molecule has 1 N–H and O–H groups in total. The van der Waals surface area contributed by atoms with Gasteiger partial charge in [-0.3, -0.25) is 5.10 Å². The molecule has 0 amide bonds. The monoisotopic (exact) mass is 176 g/mol. The normalized spacial score (nSPS) is 10.3. The van der Waals surface area contributed by atoms with Crippen molar-refractivity contribution in [1.29, 1.82) is 0 Å². The summed E-state index contributed by atoms with van der Waals surface area (Å²) in [4.78, 5) is 0. The van der Waals surface area contributed by atoms with E-state index >= 15 is 0 Å². The number of aryl methyl sites for hydroxylation is 2. The molecule has 0 fully saturated rings. The molecule has 2 aromatic heterocycles. The van der Waals surface area contributed by atoms with Gasteiger partial charge < -0.3 is 0 Å². The van der Waals surface area contributed by atoms with Crippen molar-refractivity contribution < 1.29 is 0 Å². The van der Waals surface area contributed by atoms with Crippen LogP contribution in [0.25, 0.3) is 11.3 Å². The molecule has 2 heterocycles. The highest BCUT2D eigenvalue weighted by Gasteiger charge is 2.10. The summed E-state index contributed by atoms with van der Waals surface area (Å²) in [5.41, 5.74) is 3.49. The minimum Gasteiger partial charge on any atom is -0.282 e. The molecule has 66 valence electrons. The first-order valence-corrected chi connectivity index (χ1v) is 3.82. The van der Waals surface area contributed by atoms with Crippen LogP contribution in [0.1, 0.15) is 11.4 Å². The molecule has 0 aliphatic carbocycles. The van der Waals surface area contributed by atoms with Crippen LogP contribution in [0, 0.1) is 13.8 Å². The maximum absolute atomic E-state index is 4.05. The van der Waals surface area contributed by atoms with Gasteiger partial charge in [0.2, 0.25) is 0 Å². The maximum atomic E-state index is 4.05. The molecule has 0 spiro atoms. The van der Waals surface area contributed by atoms with Crippen LogP contribution in [0.15, 0.2) is 6.20 Å². The average molecular weight is 176 g/mol. The SMILES string of the molecule is Cc1n[nH]c(C)c1-c1cnnnn1. The molecule has 2 rings (SSSR count). The zero-order valence-electron chi connectivity index (χ0n) is 7.31. The van der Waals surface area contributed by atoms with Crippen molar-refractivity contribution in [2.75, 3.05) is 0 Å². The Balaban J connectivity index is 2.59. The molecule has 0 aliphatic heterocycles. The van der Waals surface area contributed by atoms with Crippen molar-refractivity contribution in [2.45, 2.75) is 13.8 Å². The lowest BCUT2D eigenvalue weighted by Gasteiger charge is -1.95. The molecule has 0 saturated heterocycles. The Morgan fingerprint density at radius 3 is 2.62 bits per heavy atom. The second-order valence-electron chi connectivity index (χ2n) is 2.72. The van der Waals surface area contributed by atoms with Crippen molar-refractivity contribution in [3.63, 3.8) is 0 Å². The Kier molecular flexibility index (Phi) is 1.73. The zero-order chi connectivity index (χ0) is 9.26. The van der Waals surface area contributed by atoms with E-state index in [-0.39, 0.29) is 0 Å². The van der Waals surface area contributed by atoms with Gasteiger partial charge in [0.05, 0.1) is 11.9 Å². The number of hydrogen-bond acceptors (Lipinski definition) is 5. The average Bonchev–Trinajstić information content (AvgIpc) is 2.48. The first-order valence-electron chi connectivity index (χ1n) is 3.82. The molecule has 0 radical (unpaired) electrons. The fourth-order valence-corrected chi connectivity index (χ4v) is 1.24. The van der Waals surface area contributed by atoms with Gasteiger partial charge in [-0.05, 0) is 24.3 Å². The minimum absolute atomic E-state index is 0.693. The second-order valence-corrected chi connectivity index (χ2v) is 2.72. The Labute approximate surface area is 74.4 Å². The fraction of sp³-hybridized carbons (Fsp3) is 0.286. The van der Waals surface area contributed by atoms with E-state index in [0.717, 1.165) is 17.0 Å². The van der Waals surface area contributed by atoms with Gasteiger partial charge in [-0.15, -0.1) is 10.2 Å². The summed E-state index contributed by atoms with van der Waals surface area (Å²) in [5, 5.41) is 21.3. The fourth-order valence-electron chi connectivity index (χ4n) is 1.24. The molecule has 6 heteroatoms. The highest BCUT2D eigenvalue weighted by Crippen LogP contribution is 2.20. The number of nitrogens with one attached hydrogen (secondary N) is 1. The van der Waals surface area contributed by atoms with E-state index in [1.807, 2.05) is 13.8 Å². The zero-order valence-corrected chi connectivity index (χ0v) is 7.31. The molecule has 13 heavy (non-hydrogen) atoms. The highest BCUT2D eigenvalue weighted by molar-refractivity contribution is 5.62. The predicted octanol–water partition coefficient (Wildman–Crippen LogP) is 0.274. The smallest absolute Gasteiger partial charge is 0.119 e. The summed E-state index contributed by atoms with van der Waals surface area (Å²) >= 11 is 0. The minimum atomic E-state index is 0.693. The maximum Gasteiger partial charge on any atom is 0.119 e. The van der Waals surface area contributed by atoms with E-state index in [4.69, 9.17) is 0 Å². The Morgan fingerprint density at radius 1 is 1.23 bits per heavy atom. The molecule has 0 aromatic carbocycles. The molecular weight excluding hydrogens is 168 g/mol. The van der Waals surface area contributed by atoms with Gasteiger partial charge in [0.15, 0.2) is 0 Å². The first-order chi connectivity index (χ1) is 6.29. The molecule has 0 saturated carbocycles. The van der Waals surface area contributed by atoms with Gasteiger partial charge >= 0.3 is 0 Å². The molecular formula is C7H8N6. The largest absolute Gasteiger partial charge is 0.282 e. The quantitative estimate of drug-likeness (QED) is 0.674. The van der Waals surface area contributed by atoms with E-state index in [0.29, 0.717) is 5.69 Å². The summed E-state index contributed by atoms with van der Waals surface area (Å²) in [6.45, 7) is 3.83. The lowest BCUT2D eigenvalue weighted by atomic mass is 10.1. The molecule has 2 aromatic rings. The van der Waals surface area contributed by atoms with Crippen LogP contribution in [0.2, 0.25) is 0 Å². The number of aromatic nitrogens is 6. The second kappa shape index (κ2) is 2.89. The molecule has 6 nitrogen and oxygen atoms in total. The van der Waals surface area contributed by atoms with Crippen molar-refractivity contribution in [2.24, 2.45) is 0 Å². The van der Waals surface area contributed by atoms with E-state index < -0.39 is 0 Å². The lowest BCUT2D eigenvalue weighted by molar-refractivity contribution is 0.766. The molecule has 0 unspecified atom stereocenters. The van der Waals surface area contributed by atoms with E-state index in [1.165, 1.54) is 0 Å². The van der Waals surface area contributed by atoms with Crippen molar-refractivity contribution >= 4 is 0 Å². The van der Waals surface area contributed by atoms with Crippen LogP contribution < -0.4 is 0 Å². The summed E-state index contributed by atoms with van der Waals surface area (Å²) in [6, 6.07) is 0. The molecule has 0 bridgehead atoms. The Morgan fingerprint density at radius 2 is 2.08 bits per heavy atom. The standard InChI is InChI=1S/C7H8N6/c1-4-7(5(2)10-9-4)6-3-8-12-13-11-6/h3H,1-2H3,(H,9,10). The van der Waals surface area contributed by atoms with Crippen LogP contribution in [0.5, 0.6) is 0 Å².